The quantitative estimate of drug-likeness (QED) is 0.823. The van der Waals surface area contributed by atoms with E-state index in [1.54, 1.807) is 0 Å². The molecule has 1 aromatic rings. The van der Waals surface area contributed by atoms with Crippen LogP contribution in [0.3, 0.4) is 0 Å². The number of hydrogen-bond donors (Lipinski definition) is 1. The summed E-state index contributed by atoms with van der Waals surface area (Å²) in [6, 6.07) is 0. The Kier molecular flexibility index (Phi) is 3.18. The van der Waals surface area contributed by atoms with Gasteiger partial charge >= 0.3 is 0 Å². The van der Waals surface area contributed by atoms with Crippen molar-refractivity contribution in [2.75, 3.05) is 29.5 Å². The van der Waals surface area contributed by atoms with E-state index in [4.69, 9.17) is 5.11 Å². The fraction of sp³-hybridized carbons (Fsp3) is 0.667. The van der Waals surface area contributed by atoms with Crippen molar-refractivity contribution in [1.29, 1.82) is 0 Å². The van der Waals surface area contributed by atoms with Crippen molar-refractivity contribution in [2.45, 2.75) is 13.5 Å². The van der Waals surface area contributed by atoms with Gasteiger partial charge in [-0.05, 0) is 6.92 Å². The molecule has 0 atom stereocenters. The third kappa shape index (κ3) is 2.36. The number of thiazole rings is 1. The lowest BCUT2D eigenvalue weighted by molar-refractivity contribution is 0.284. The number of aliphatic hydroxyl groups is 1. The van der Waals surface area contributed by atoms with Gasteiger partial charge in [-0.2, -0.15) is 0 Å². The highest BCUT2D eigenvalue weighted by Crippen LogP contribution is 2.26. The lowest BCUT2D eigenvalue weighted by Crippen LogP contribution is -2.40. The van der Waals surface area contributed by atoms with E-state index in [0.29, 0.717) is 13.1 Å². The van der Waals surface area contributed by atoms with Gasteiger partial charge < -0.3 is 10.0 Å². The number of rotatable bonds is 2. The summed E-state index contributed by atoms with van der Waals surface area (Å²) in [6.45, 7) is 2.85. The standard InChI is InChI=1S/C9H14N2O3S2/c1-7-8(6-12)15-9(10-7)11-2-4-16(13,14)5-3-11/h12H,2-6H2,1H3. The number of nitrogens with zero attached hydrogens (tertiary/aromatic N) is 2. The fourth-order valence-electron chi connectivity index (χ4n) is 1.60. The van der Waals surface area contributed by atoms with Crippen molar-refractivity contribution in [3.05, 3.63) is 10.6 Å². The van der Waals surface area contributed by atoms with Crippen molar-refractivity contribution in [1.82, 2.24) is 4.98 Å². The normalized spacial score (nSPS) is 20.0. The summed E-state index contributed by atoms with van der Waals surface area (Å²) in [5, 5.41) is 9.89. The minimum absolute atomic E-state index is 0.00433. The van der Waals surface area contributed by atoms with Gasteiger partial charge in [0, 0.05) is 13.1 Å². The number of sulfone groups is 1. The maximum atomic E-state index is 11.3. The second-order valence-corrected chi connectivity index (χ2v) is 7.17. The molecule has 2 heterocycles. The first-order valence-corrected chi connectivity index (χ1v) is 7.68. The third-order valence-corrected chi connectivity index (χ3v) is 5.45. The molecule has 1 N–H and O–H groups in total. The average molecular weight is 262 g/mol. The molecule has 7 heteroatoms. The molecule has 0 aromatic carbocycles. The molecule has 1 aliphatic heterocycles. The van der Waals surface area contributed by atoms with E-state index < -0.39 is 9.84 Å². The molecule has 0 amide bonds. The molecule has 1 fully saturated rings. The average Bonchev–Trinajstić information content (AvgIpc) is 2.59. The van der Waals surface area contributed by atoms with Gasteiger partial charge in [-0.15, -0.1) is 0 Å². The summed E-state index contributed by atoms with van der Waals surface area (Å²) in [5.74, 6) is 0.389. The predicted molar refractivity (Wildman–Crippen MR) is 63.6 cm³/mol. The molecule has 1 saturated heterocycles. The molecule has 2 rings (SSSR count). The number of aromatic nitrogens is 1. The van der Waals surface area contributed by atoms with Crippen LogP contribution >= 0.6 is 11.3 Å². The topological polar surface area (TPSA) is 70.5 Å². The Hall–Kier alpha value is -0.660. The van der Waals surface area contributed by atoms with Crippen LogP contribution in [0.1, 0.15) is 10.6 Å². The SMILES string of the molecule is Cc1nc(N2CCS(=O)(=O)CC2)sc1CO. The molecule has 1 aliphatic rings. The summed E-state index contributed by atoms with van der Waals surface area (Å²) in [5.41, 5.74) is 0.830. The molecule has 0 saturated carbocycles. The lowest BCUT2D eigenvalue weighted by atomic mass is 10.4. The van der Waals surface area contributed by atoms with Crippen molar-refractivity contribution < 1.29 is 13.5 Å². The maximum Gasteiger partial charge on any atom is 0.185 e. The summed E-state index contributed by atoms with van der Waals surface area (Å²) < 4.78 is 22.5. The molecular weight excluding hydrogens is 248 g/mol. The van der Waals surface area contributed by atoms with E-state index in [9.17, 15) is 8.42 Å². The van der Waals surface area contributed by atoms with Gasteiger partial charge in [0.1, 0.15) is 0 Å². The van der Waals surface area contributed by atoms with E-state index in [1.807, 2.05) is 11.8 Å². The third-order valence-electron chi connectivity index (χ3n) is 2.64. The number of anilines is 1. The summed E-state index contributed by atoms with van der Waals surface area (Å²) in [7, 11) is -2.85. The molecule has 0 bridgehead atoms. The van der Waals surface area contributed by atoms with Gasteiger partial charge in [-0.25, -0.2) is 13.4 Å². The summed E-state index contributed by atoms with van der Waals surface area (Å²) in [4.78, 5) is 7.16. The Morgan fingerprint density at radius 1 is 1.44 bits per heavy atom. The van der Waals surface area contributed by atoms with Gasteiger partial charge in [0.15, 0.2) is 15.0 Å². The van der Waals surface area contributed by atoms with Crippen LogP contribution in [-0.4, -0.2) is 43.1 Å². The van der Waals surface area contributed by atoms with Crippen LogP contribution in [0.4, 0.5) is 5.13 Å². The second kappa shape index (κ2) is 4.31. The highest BCUT2D eigenvalue weighted by Gasteiger charge is 2.24. The monoisotopic (exact) mass is 262 g/mol. The molecule has 0 spiro atoms. The second-order valence-electron chi connectivity index (χ2n) is 3.80. The zero-order valence-electron chi connectivity index (χ0n) is 9.01. The molecule has 90 valence electrons. The van der Waals surface area contributed by atoms with E-state index in [1.165, 1.54) is 11.3 Å². The first kappa shape index (κ1) is 11.8. The van der Waals surface area contributed by atoms with Crippen molar-refractivity contribution >= 4 is 26.3 Å². The Morgan fingerprint density at radius 3 is 2.56 bits per heavy atom. The van der Waals surface area contributed by atoms with E-state index in [-0.39, 0.29) is 18.1 Å². The first-order valence-electron chi connectivity index (χ1n) is 5.04. The molecule has 0 radical (unpaired) electrons. The van der Waals surface area contributed by atoms with E-state index in [0.717, 1.165) is 15.7 Å². The fourth-order valence-corrected chi connectivity index (χ4v) is 3.77. The Labute approximate surface area is 98.7 Å². The zero-order valence-corrected chi connectivity index (χ0v) is 10.6. The Balaban J connectivity index is 2.14. The lowest BCUT2D eigenvalue weighted by Gasteiger charge is -2.25. The maximum absolute atomic E-state index is 11.3. The van der Waals surface area contributed by atoms with Crippen LogP contribution < -0.4 is 4.90 Å². The summed E-state index contributed by atoms with van der Waals surface area (Å²) in [6.07, 6.45) is 0. The first-order chi connectivity index (χ1) is 7.52. The summed E-state index contributed by atoms with van der Waals surface area (Å²) >= 11 is 1.44. The van der Waals surface area contributed by atoms with Crippen LogP contribution in [0.5, 0.6) is 0 Å². The van der Waals surface area contributed by atoms with Crippen LogP contribution in [0.15, 0.2) is 0 Å². The number of aliphatic hydroxyl groups excluding tert-OH is 1. The molecule has 1 aromatic heterocycles. The minimum Gasteiger partial charge on any atom is -0.391 e. The van der Waals surface area contributed by atoms with E-state index >= 15 is 0 Å². The van der Waals surface area contributed by atoms with Crippen LogP contribution in [-0.2, 0) is 16.4 Å². The van der Waals surface area contributed by atoms with Crippen LogP contribution in [0.25, 0.3) is 0 Å². The number of aryl methyl sites for hydroxylation is 1. The molecule has 0 aliphatic carbocycles. The van der Waals surface area contributed by atoms with Crippen molar-refractivity contribution in [2.24, 2.45) is 0 Å². The predicted octanol–water partition coefficient (Wildman–Crippen LogP) is 0.179. The van der Waals surface area contributed by atoms with Gasteiger partial charge in [0.05, 0.1) is 28.7 Å². The van der Waals surface area contributed by atoms with Gasteiger partial charge in [0.25, 0.3) is 0 Å². The van der Waals surface area contributed by atoms with Crippen molar-refractivity contribution in [3.8, 4) is 0 Å². The number of hydrogen-bond acceptors (Lipinski definition) is 6. The largest absolute Gasteiger partial charge is 0.391 e. The highest BCUT2D eigenvalue weighted by atomic mass is 32.2. The molecule has 0 unspecified atom stereocenters. The van der Waals surface area contributed by atoms with Crippen molar-refractivity contribution in [3.63, 3.8) is 0 Å². The van der Waals surface area contributed by atoms with E-state index in [2.05, 4.69) is 4.98 Å². The smallest absolute Gasteiger partial charge is 0.185 e. The van der Waals surface area contributed by atoms with Crippen LogP contribution in [0.2, 0.25) is 0 Å². The minimum atomic E-state index is -2.85. The molecular formula is C9H14N2O3S2. The molecule has 5 nitrogen and oxygen atoms in total. The highest BCUT2D eigenvalue weighted by molar-refractivity contribution is 7.91. The zero-order chi connectivity index (χ0) is 11.8. The van der Waals surface area contributed by atoms with Gasteiger partial charge in [0.2, 0.25) is 0 Å². The Morgan fingerprint density at radius 2 is 2.06 bits per heavy atom. The Bertz CT molecular complexity index is 467. The van der Waals surface area contributed by atoms with Crippen LogP contribution in [0, 0.1) is 6.92 Å². The van der Waals surface area contributed by atoms with Gasteiger partial charge in [-0.1, -0.05) is 11.3 Å². The molecule has 16 heavy (non-hydrogen) atoms. The van der Waals surface area contributed by atoms with Gasteiger partial charge in [-0.3, -0.25) is 0 Å².